The summed E-state index contributed by atoms with van der Waals surface area (Å²) in [6.45, 7) is 2.04. The lowest BCUT2D eigenvalue weighted by Crippen LogP contribution is -2.43. The SMILES string of the molecule is Cc1ccc(-n2nnnc2NC2CCC(N3C(=O)CCC3=O)CC2)cc1. The molecule has 1 aliphatic heterocycles. The summed E-state index contributed by atoms with van der Waals surface area (Å²) in [5.41, 5.74) is 2.09. The van der Waals surface area contributed by atoms with Gasteiger partial charge in [0.15, 0.2) is 0 Å². The summed E-state index contributed by atoms with van der Waals surface area (Å²) in [6.07, 6.45) is 4.12. The lowest BCUT2D eigenvalue weighted by molar-refractivity contribution is -0.141. The Morgan fingerprint density at radius 1 is 1.00 bits per heavy atom. The molecular weight excluding hydrogens is 332 g/mol. The van der Waals surface area contributed by atoms with E-state index >= 15 is 0 Å². The topological polar surface area (TPSA) is 93.0 Å². The molecular formula is C18H22N6O2. The summed E-state index contributed by atoms with van der Waals surface area (Å²) in [7, 11) is 0. The number of nitrogens with zero attached hydrogens (tertiary/aromatic N) is 5. The largest absolute Gasteiger partial charge is 0.350 e. The van der Waals surface area contributed by atoms with E-state index in [1.165, 1.54) is 10.5 Å². The summed E-state index contributed by atoms with van der Waals surface area (Å²) in [5.74, 6) is 0.579. The van der Waals surface area contributed by atoms with Crippen LogP contribution >= 0.6 is 0 Å². The molecule has 8 nitrogen and oxygen atoms in total. The number of amides is 2. The van der Waals surface area contributed by atoms with Gasteiger partial charge in [0.1, 0.15) is 0 Å². The van der Waals surface area contributed by atoms with Crippen LogP contribution in [-0.2, 0) is 9.59 Å². The summed E-state index contributed by atoms with van der Waals surface area (Å²) in [6, 6.07) is 8.29. The third-order valence-corrected chi connectivity index (χ3v) is 5.23. The number of rotatable bonds is 4. The monoisotopic (exact) mass is 354 g/mol. The van der Waals surface area contributed by atoms with E-state index in [0.29, 0.717) is 18.8 Å². The maximum atomic E-state index is 11.9. The van der Waals surface area contributed by atoms with E-state index in [1.807, 2.05) is 31.2 Å². The number of carbonyl (C=O) groups is 2. The van der Waals surface area contributed by atoms with E-state index in [9.17, 15) is 9.59 Å². The maximum absolute atomic E-state index is 11.9. The lowest BCUT2D eigenvalue weighted by atomic mass is 9.90. The van der Waals surface area contributed by atoms with Gasteiger partial charge in [-0.25, -0.2) is 0 Å². The second kappa shape index (κ2) is 6.86. The number of hydrogen-bond acceptors (Lipinski definition) is 6. The molecule has 4 rings (SSSR count). The highest BCUT2D eigenvalue weighted by Gasteiger charge is 2.37. The molecule has 8 heteroatoms. The van der Waals surface area contributed by atoms with Crippen molar-refractivity contribution in [3.05, 3.63) is 29.8 Å². The van der Waals surface area contributed by atoms with Crippen molar-refractivity contribution in [2.45, 2.75) is 57.5 Å². The van der Waals surface area contributed by atoms with E-state index in [2.05, 4.69) is 20.8 Å². The number of aromatic nitrogens is 4. The van der Waals surface area contributed by atoms with E-state index in [1.54, 1.807) is 4.68 Å². The van der Waals surface area contributed by atoms with Gasteiger partial charge in [-0.1, -0.05) is 22.8 Å². The number of likely N-dealkylation sites (tertiary alicyclic amines) is 1. The molecule has 2 amide bonds. The predicted octanol–water partition coefficient (Wildman–Crippen LogP) is 1.84. The number of carbonyl (C=O) groups excluding carboxylic acids is 2. The van der Waals surface area contributed by atoms with Crippen molar-refractivity contribution in [2.24, 2.45) is 0 Å². The Morgan fingerprint density at radius 2 is 1.65 bits per heavy atom. The summed E-state index contributed by atoms with van der Waals surface area (Å²) in [4.78, 5) is 25.3. The Bertz CT molecular complexity index is 791. The normalized spacial score (nSPS) is 23.5. The Balaban J connectivity index is 1.40. The molecule has 0 spiro atoms. The smallest absolute Gasteiger partial charge is 0.247 e. The molecule has 1 saturated heterocycles. The van der Waals surface area contributed by atoms with Gasteiger partial charge in [0.05, 0.1) is 5.69 Å². The van der Waals surface area contributed by atoms with Crippen LogP contribution in [0.4, 0.5) is 5.95 Å². The van der Waals surface area contributed by atoms with Gasteiger partial charge in [0.25, 0.3) is 0 Å². The Morgan fingerprint density at radius 3 is 2.31 bits per heavy atom. The van der Waals surface area contributed by atoms with Crippen molar-refractivity contribution in [1.82, 2.24) is 25.1 Å². The van der Waals surface area contributed by atoms with Crippen molar-refractivity contribution in [3.63, 3.8) is 0 Å². The van der Waals surface area contributed by atoms with Crippen LogP contribution < -0.4 is 5.32 Å². The minimum absolute atomic E-state index is 0.0188. The van der Waals surface area contributed by atoms with Gasteiger partial charge in [-0.15, -0.1) is 0 Å². The number of imide groups is 1. The first-order valence-electron chi connectivity index (χ1n) is 9.08. The second-order valence-electron chi connectivity index (χ2n) is 7.06. The first-order chi connectivity index (χ1) is 12.6. The van der Waals surface area contributed by atoms with Crippen LogP contribution in [0, 0.1) is 6.92 Å². The first-order valence-corrected chi connectivity index (χ1v) is 9.08. The fraction of sp³-hybridized carbons (Fsp3) is 0.500. The van der Waals surface area contributed by atoms with Gasteiger partial charge in [0, 0.05) is 24.9 Å². The molecule has 1 aromatic carbocycles. The van der Waals surface area contributed by atoms with Crippen LogP contribution in [0.15, 0.2) is 24.3 Å². The van der Waals surface area contributed by atoms with Crippen LogP contribution in [0.5, 0.6) is 0 Å². The molecule has 1 aromatic heterocycles. The fourth-order valence-corrected chi connectivity index (χ4v) is 3.80. The molecule has 0 unspecified atom stereocenters. The molecule has 1 saturated carbocycles. The molecule has 26 heavy (non-hydrogen) atoms. The van der Waals surface area contributed by atoms with E-state index < -0.39 is 0 Å². The summed E-state index contributed by atoms with van der Waals surface area (Å²) >= 11 is 0. The molecule has 2 aliphatic rings. The van der Waals surface area contributed by atoms with Crippen molar-refractivity contribution in [1.29, 1.82) is 0 Å². The molecule has 1 aliphatic carbocycles. The molecule has 1 N–H and O–H groups in total. The number of anilines is 1. The second-order valence-corrected chi connectivity index (χ2v) is 7.06. The third-order valence-electron chi connectivity index (χ3n) is 5.23. The van der Waals surface area contributed by atoms with Gasteiger partial charge in [-0.3, -0.25) is 14.5 Å². The Labute approximate surface area is 151 Å². The molecule has 136 valence electrons. The standard InChI is InChI=1S/C18H22N6O2/c1-12-2-6-15(7-3-12)24-18(20-21-22-24)19-13-4-8-14(9-5-13)23-16(25)10-11-17(23)26/h2-3,6-7,13-14H,4-5,8-11H2,1H3,(H,19,20,22). The van der Waals surface area contributed by atoms with Gasteiger partial charge in [0.2, 0.25) is 17.8 Å². The van der Waals surface area contributed by atoms with Crippen molar-refractivity contribution in [3.8, 4) is 5.69 Å². The molecule has 0 radical (unpaired) electrons. The van der Waals surface area contributed by atoms with Gasteiger partial charge in [-0.2, -0.15) is 4.68 Å². The number of nitrogens with one attached hydrogen (secondary N) is 1. The van der Waals surface area contributed by atoms with Crippen molar-refractivity contribution >= 4 is 17.8 Å². The van der Waals surface area contributed by atoms with Gasteiger partial charge in [-0.05, 0) is 55.2 Å². The number of benzene rings is 1. The fourth-order valence-electron chi connectivity index (χ4n) is 3.80. The van der Waals surface area contributed by atoms with Crippen molar-refractivity contribution in [2.75, 3.05) is 5.32 Å². The highest BCUT2D eigenvalue weighted by Crippen LogP contribution is 2.28. The van der Waals surface area contributed by atoms with E-state index in [-0.39, 0.29) is 23.9 Å². The van der Waals surface area contributed by atoms with Crippen LogP contribution in [-0.4, -0.2) is 49.0 Å². The molecule has 2 aromatic rings. The van der Waals surface area contributed by atoms with Gasteiger partial charge >= 0.3 is 0 Å². The maximum Gasteiger partial charge on any atom is 0.247 e. The number of aryl methyl sites for hydroxylation is 1. The molecule has 2 heterocycles. The molecule has 0 atom stereocenters. The first kappa shape index (κ1) is 16.7. The average Bonchev–Trinajstić information content (AvgIpc) is 3.23. The zero-order valence-corrected chi connectivity index (χ0v) is 14.8. The molecule has 0 bridgehead atoms. The Hall–Kier alpha value is -2.77. The predicted molar refractivity (Wildman–Crippen MR) is 94.6 cm³/mol. The quantitative estimate of drug-likeness (QED) is 0.842. The Kier molecular flexibility index (Phi) is 4.40. The number of hydrogen-bond donors (Lipinski definition) is 1. The van der Waals surface area contributed by atoms with Gasteiger partial charge < -0.3 is 5.32 Å². The average molecular weight is 354 g/mol. The number of tetrazole rings is 1. The third kappa shape index (κ3) is 3.18. The van der Waals surface area contributed by atoms with Crippen LogP contribution in [0.25, 0.3) is 5.69 Å². The summed E-state index contributed by atoms with van der Waals surface area (Å²) in [5, 5.41) is 15.4. The van der Waals surface area contributed by atoms with Crippen molar-refractivity contribution < 1.29 is 9.59 Å². The minimum Gasteiger partial charge on any atom is -0.350 e. The zero-order valence-electron chi connectivity index (χ0n) is 14.8. The van der Waals surface area contributed by atoms with Crippen LogP contribution in [0.3, 0.4) is 0 Å². The van der Waals surface area contributed by atoms with E-state index in [4.69, 9.17) is 0 Å². The summed E-state index contributed by atoms with van der Waals surface area (Å²) < 4.78 is 1.69. The zero-order chi connectivity index (χ0) is 18.1. The minimum atomic E-state index is -0.0188. The van der Waals surface area contributed by atoms with Crippen LogP contribution in [0.1, 0.15) is 44.1 Å². The highest BCUT2D eigenvalue weighted by molar-refractivity contribution is 6.02. The van der Waals surface area contributed by atoms with Crippen LogP contribution in [0.2, 0.25) is 0 Å². The highest BCUT2D eigenvalue weighted by atomic mass is 16.2. The lowest BCUT2D eigenvalue weighted by Gasteiger charge is -2.33. The molecule has 2 fully saturated rings. The van der Waals surface area contributed by atoms with E-state index in [0.717, 1.165) is 31.4 Å².